The fourth-order valence-electron chi connectivity index (χ4n) is 8.10. The van der Waals surface area contributed by atoms with Gasteiger partial charge in [-0.2, -0.15) is 0 Å². The van der Waals surface area contributed by atoms with Gasteiger partial charge in [0.1, 0.15) is 0 Å². The van der Waals surface area contributed by atoms with Gasteiger partial charge in [-0.1, -0.05) is 91.0 Å². The zero-order valence-electron chi connectivity index (χ0n) is 35.7. The largest absolute Gasteiger partial charge is 0.310 e. The lowest BCUT2D eigenvalue weighted by Gasteiger charge is -2.31. The second-order valence-corrected chi connectivity index (χ2v) is 15.8. The normalized spacial score (nSPS) is 10.9. The molecule has 0 fully saturated rings. The van der Waals surface area contributed by atoms with Crippen molar-refractivity contribution in [3.8, 4) is 0 Å². The van der Waals surface area contributed by atoms with Crippen LogP contribution in [0.15, 0.2) is 231 Å². The van der Waals surface area contributed by atoms with Crippen molar-refractivity contribution in [2.45, 2.75) is 27.7 Å². The summed E-state index contributed by atoms with van der Waals surface area (Å²) in [7, 11) is 0. The van der Waals surface area contributed by atoms with Gasteiger partial charge >= 0.3 is 0 Å². The number of rotatable bonds is 12. The average Bonchev–Trinajstić information content (AvgIpc) is 3.32. The molecule has 62 heavy (non-hydrogen) atoms. The van der Waals surface area contributed by atoms with E-state index in [1.165, 1.54) is 22.3 Å². The topological polar surface area (TPSA) is 13.0 Å². The van der Waals surface area contributed by atoms with Crippen molar-refractivity contribution in [1.29, 1.82) is 0 Å². The van der Waals surface area contributed by atoms with Crippen LogP contribution in [0.4, 0.5) is 68.2 Å². The van der Waals surface area contributed by atoms with E-state index in [0.717, 1.165) is 68.2 Å². The lowest BCUT2D eigenvalue weighted by molar-refractivity contribution is 1.23. The molecule has 0 saturated heterocycles. The molecule has 0 aromatic heterocycles. The molecule has 0 heterocycles. The zero-order chi connectivity index (χ0) is 42.4. The molecule has 0 aliphatic rings. The molecule has 0 radical (unpaired) electrons. The van der Waals surface area contributed by atoms with Crippen LogP contribution in [-0.2, 0) is 0 Å². The summed E-state index contributed by atoms with van der Waals surface area (Å²) in [6.45, 7) is 8.68. The van der Waals surface area contributed by atoms with Gasteiger partial charge in [0.15, 0.2) is 0 Å². The number of para-hydroxylation sites is 4. The van der Waals surface area contributed by atoms with Crippen LogP contribution in [0, 0.1) is 27.7 Å². The van der Waals surface area contributed by atoms with Gasteiger partial charge in [-0.15, -0.1) is 0 Å². The molecule has 9 rings (SSSR count). The third-order valence-corrected chi connectivity index (χ3v) is 11.6. The fraction of sp³-hybridized carbons (Fsp3) is 0.0690. The van der Waals surface area contributed by atoms with E-state index in [0.29, 0.717) is 0 Å². The summed E-state index contributed by atoms with van der Waals surface area (Å²) in [6.07, 6.45) is 0. The Balaban J connectivity index is 1.10. The second kappa shape index (κ2) is 17.8. The van der Waals surface area contributed by atoms with Crippen LogP contribution in [0.1, 0.15) is 22.3 Å². The Kier molecular flexibility index (Phi) is 11.4. The Morgan fingerprint density at radius 2 is 0.387 bits per heavy atom. The first kappa shape index (κ1) is 39.6. The van der Waals surface area contributed by atoms with Crippen molar-refractivity contribution in [3.05, 3.63) is 253 Å². The Morgan fingerprint density at radius 3 is 0.645 bits per heavy atom. The van der Waals surface area contributed by atoms with Gasteiger partial charge in [-0.3, -0.25) is 0 Å². The highest BCUT2D eigenvalue weighted by atomic mass is 15.2. The lowest BCUT2D eigenvalue weighted by atomic mass is 10.1. The number of nitrogens with zero attached hydrogens (tertiary/aromatic N) is 4. The van der Waals surface area contributed by atoms with E-state index in [4.69, 9.17) is 0 Å². The van der Waals surface area contributed by atoms with Crippen LogP contribution in [0.5, 0.6) is 0 Å². The first-order chi connectivity index (χ1) is 30.4. The molecule has 0 aliphatic carbocycles. The first-order valence-electron chi connectivity index (χ1n) is 21.3. The van der Waals surface area contributed by atoms with E-state index in [9.17, 15) is 0 Å². The SMILES string of the molecule is Cc1ccc(N(c2ccccc2)c2ccc(N(c3ccccc3)c3cccc(N(c4ccccc4)c4ccc(N(c5ccccc5)c5ccc(C)c(C)c5)cc4)c3)cc2)cc1C. The monoisotopic (exact) mass is 802 g/mol. The Hall–Kier alpha value is -7.82. The molecule has 9 aromatic rings. The van der Waals surface area contributed by atoms with Crippen molar-refractivity contribution in [1.82, 2.24) is 0 Å². The van der Waals surface area contributed by atoms with Crippen molar-refractivity contribution >= 4 is 68.2 Å². The van der Waals surface area contributed by atoms with Crippen molar-refractivity contribution in [2.24, 2.45) is 0 Å². The van der Waals surface area contributed by atoms with Crippen LogP contribution in [0.2, 0.25) is 0 Å². The van der Waals surface area contributed by atoms with Crippen LogP contribution in [-0.4, -0.2) is 0 Å². The Bertz CT molecular complexity index is 2680. The molecular formula is C58H50N4. The Labute approximate surface area is 366 Å². The first-order valence-corrected chi connectivity index (χ1v) is 21.3. The highest BCUT2D eigenvalue weighted by Gasteiger charge is 2.20. The van der Waals surface area contributed by atoms with E-state index in [-0.39, 0.29) is 0 Å². The summed E-state index contributed by atoms with van der Waals surface area (Å²) >= 11 is 0. The summed E-state index contributed by atoms with van der Waals surface area (Å²) in [5, 5.41) is 0. The minimum Gasteiger partial charge on any atom is -0.310 e. The molecule has 4 nitrogen and oxygen atoms in total. The van der Waals surface area contributed by atoms with Crippen LogP contribution < -0.4 is 19.6 Å². The molecule has 0 spiro atoms. The van der Waals surface area contributed by atoms with Gasteiger partial charge in [-0.05, 0) is 189 Å². The van der Waals surface area contributed by atoms with E-state index in [1.807, 2.05) is 0 Å². The standard InChI is InChI=1S/C58H50N4/c1-43-28-30-57(40-45(43)3)61(49-22-13-7-14-23-49)53-36-32-51(33-37-53)59(47-18-9-5-10-19-47)55-26-17-27-56(42-55)60(48-20-11-6-12-21-48)52-34-38-54(39-35-52)62(50-24-15-8-16-25-50)58-31-29-44(2)46(4)41-58/h5-42H,1-4H3. The fourth-order valence-corrected chi connectivity index (χ4v) is 8.10. The summed E-state index contributed by atoms with van der Waals surface area (Å²) < 4.78 is 0. The van der Waals surface area contributed by atoms with Gasteiger partial charge in [0.2, 0.25) is 0 Å². The number of anilines is 12. The maximum atomic E-state index is 2.34. The van der Waals surface area contributed by atoms with Gasteiger partial charge in [0.25, 0.3) is 0 Å². The molecule has 0 unspecified atom stereocenters. The van der Waals surface area contributed by atoms with Crippen LogP contribution >= 0.6 is 0 Å². The molecule has 0 atom stereocenters. The van der Waals surface area contributed by atoms with Crippen molar-refractivity contribution in [3.63, 3.8) is 0 Å². The lowest BCUT2D eigenvalue weighted by Crippen LogP contribution is -2.14. The van der Waals surface area contributed by atoms with Gasteiger partial charge < -0.3 is 19.6 Å². The van der Waals surface area contributed by atoms with Crippen molar-refractivity contribution in [2.75, 3.05) is 19.6 Å². The third kappa shape index (κ3) is 8.32. The quantitative estimate of drug-likeness (QED) is 0.122. The minimum atomic E-state index is 1.05. The molecule has 9 aromatic carbocycles. The highest BCUT2D eigenvalue weighted by Crippen LogP contribution is 2.43. The van der Waals surface area contributed by atoms with E-state index < -0.39 is 0 Å². The maximum Gasteiger partial charge on any atom is 0.0482 e. The predicted octanol–water partition coefficient (Wildman–Crippen LogP) is 16.8. The number of hydrogen-bond acceptors (Lipinski definition) is 4. The molecule has 0 N–H and O–H groups in total. The molecule has 0 saturated carbocycles. The summed E-state index contributed by atoms with van der Waals surface area (Å²) in [5.74, 6) is 0. The van der Waals surface area contributed by atoms with Crippen LogP contribution in [0.3, 0.4) is 0 Å². The molecule has 0 aliphatic heterocycles. The van der Waals surface area contributed by atoms with Crippen molar-refractivity contribution < 1.29 is 0 Å². The summed E-state index contributed by atoms with van der Waals surface area (Å²) in [5.41, 5.74) is 18.2. The maximum absolute atomic E-state index is 2.34. The van der Waals surface area contributed by atoms with E-state index in [1.54, 1.807) is 0 Å². The molecular weight excluding hydrogens is 753 g/mol. The number of benzene rings is 9. The summed E-state index contributed by atoms with van der Waals surface area (Å²) in [4.78, 5) is 9.33. The second-order valence-electron chi connectivity index (χ2n) is 15.8. The zero-order valence-corrected chi connectivity index (χ0v) is 35.7. The third-order valence-electron chi connectivity index (χ3n) is 11.6. The summed E-state index contributed by atoms with van der Waals surface area (Å²) in [6, 6.07) is 82.5. The molecule has 302 valence electrons. The molecule has 0 bridgehead atoms. The highest BCUT2D eigenvalue weighted by molar-refractivity contribution is 5.86. The number of hydrogen-bond donors (Lipinski definition) is 0. The predicted molar refractivity (Wildman–Crippen MR) is 264 cm³/mol. The van der Waals surface area contributed by atoms with Gasteiger partial charge in [-0.25, -0.2) is 0 Å². The minimum absolute atomic E-state index is 1.05. The molecule has 0 amide bonds. The van der Waals surface area contributed by atoms with Gasteiger partial charge in [0, 0.05) is 68.2 Å². The average molecular weight is 803 g/mol. The van der Waals surface area contributed by atoms with E-state index in [2.05, 4.69) is 278 Å². The molecule has 4 heteroatoms. The van der Waals surface area contributed by atoms with E-state index >= 15 is 0 Å². The van der Waals surface area contributed by atoms with Crippen LogP contribution in [0.25, 0.3) is 0 Å². The van der Waals surface area contributed by atoms with Gasteiger partial charge in [0.05, 0.1) is 0 Å². The Morgan fingerprint density at radius 1 is 0.177 bits per heavy atom. The smallest absolute Gasteiger partial charge is 0.0482 e. The number of aryl methyl sites for hydroxylation is 4.